The van der Waals surface area contributed by atoms with E-state index in [1.807, 2.05) is 40.7 Å². The van der Waals surface area contributed by atoms with Crippen molar-refractivity contribution < 1.29 is 9.53 Å². The summed E-state index contributed by atoms with van der Waals surface area (Å²) in [6.07, 6.45) is 0. The largest absolute Gasteiger partial charge is 0.379 e. The monoisotopic (exact) mass is 302 g/mol. The summed E-state index contributed by atoms with van der Waals surface area (Å²) in [5, 5.41) is 3.86. The van der Waals surface area contributed by atoms with Crippen molar-refractivity contribution in [3.05, 3.63) is 46.2 Å². The van der Waals surface area contributed by atoms with E-state index in [1.165, 1.54) is 0 Å². The van der Waals surface area contributed by atoms with Gasteiger partial charge in [0, 0.05) is 28.9 Å². The first kappa shape index (κ1) is 14.3. The fraction of sp³-hybridized carbons (Fsp3) is 0.312. The van der Waals surface area contributed by atoms with Gasteiger partial charge in [0.2, 0.25) is 0 Å². The van der Waals surface area contributed by atoms with Crippen molar-refractivity contribution in [2.75, 3.05) is 26.3 Å². The van der Waals surface area contributed by atoms with Gasteiger partial charge in [-0.05, 0) is 12.5 Å². The summed E-state index contributed by atoms with van der Waals surface area (Å²) in [6, 6.07) is 10.1. The number of rotatable bonds is 3. The second-order valence-electron chi connectivity index (χ2n) is 4.99. The third-order valence-corrected chi connectivity index (χ3v) is 4.46. The van der Waals surface area contributed by atoms with Gasteiger partial charge in [-0.2, -0.15) is 0 Å². The molecule has 2 aromatic rings. The predicted molar refractivity (Wildman–Crippen MR) is 84.4 cm³/mol. The lowest BCUT2D eigenvalue weighted by Gasteiger charge is -2.27. The van der Waals surface area contributed by atoms with Crippen LogP contribution in [0.2, 0.25) is 0 Å². The normalized spacial score (nSPS) is 15.9. The Kier molecular flexibility index (Phi) is 4.34. The number of amides is 1. The van der Waals surface area contributed by atoms with Crippen LogP contribution in [0.25, 0.3) is 11.1 Å². The summed E-state index contributed by atoms with van der Waals surface area (Å²) in [5.74, 6) is -0.0416. The van der Waals surface area contributed by atoms with E-state index in [9.17, 15) is 4.79 Å². The number of nitrogens with one attached hydrogen (secondary N) is 1. The zero-order valence-electron chi connectivity index (χ0n) is 12.0. The van der Waals surface area contributed by atoms with Crippen LogP contribution < -0.4 is 5.43 Å². The van der Waals surface area contributed by atoms with Gasteiger partial charge in [0.15, 0.2) is 0 Å². The smallest absolute Gasteiger partial charge is 0.267 e. The average molecular weight is 302 g/mol. The molecular formula is C16H18N2O2S. The van der Waals surface area contributed by atoms with Gasteiger partial charge in [-0.1, -0.05) is 30.3 Å². The first-order valence-corrected chi connectivity index (χ1v) is 7.91. The lowest BCUT2D eigenvalue weighted by molar-refractivity contribution is 0.0126. The molecule has 0 aliphatic carbocycles. The quantitative estimate of drug-likeness (QED) is 0.948. The minimum Gasteiger partial charge on any atom is -0.379 e. The van der Waals surface area contributed by atoms with Gasteiger partial charge in [-0.3, -0.25) is 10.2 Å². The molecule has 3 rings (SSSR count). The number of morpholine rings is 1. The summed E-state index contributed by atoms with van der Waals surface area (Å²) in [6.45, 7) is 4.84. The average Bonchev–Trinajstić information content (AvgIpc) is 2.91. The van der Waals surface area contributed by atoms with Gasteiger partial charge >= 0.3 is 0 Å². The number of hydrazine groups is 1. The summed E-state index contributed by atoms with van der Waals surface area (Å²) >= 11 is 1.61. The van der Waals surface area contributed by atoms with Crippen LogP contribution in [0.4, 0.5) is 0 Å². The molecule has 1 aromatic heterocycles. The molecule has 1 saturated heterocycles. The summed E-state index contributed by atoms with van der Waals surface area (Å²) in [7, 11) is 0. The van der Waals surface area contributed by atoms with E-state index < -0.39 is 0 Å². The molecule has 21 heavy (non-hydrogen) atoms. The minimum atomic E-state index is -0.0416. The second kappa shape index (κ2) is 6.39. The van der Waals surface area contributed by atoms with Crippen LogP contribution in [0.3, 0.4) is 0 Å². The van der Waals surface area contributed by atoms with Crippen molar-refractivity contribution in [2.45, 2.75) is 6.92 Å². The Morgan fingerprint density at radius 2 is 1.95 bits per heavy atom. The van der Waals surface area contributed by atoms with E-state index in [4.69, 9.17) is 4.74 Å². The molecule has 0 atom stereocenters. The molecule has 0 unspecified atom stereocenters. The number of hydrogen-bond donors (Lipinski definition) is 1. The minimum absolute atomic E-state index is 0.0416. The molecule has 110 valence electrons. The summed E-state index contributed by atoms with van der Waals surface area (Å²) < 4.78 is 5.29. The van der Waals surface area contributed by atoms with Crippen LogP contribution in [-0.4, -0.2) is 37.2 Å². The number of carbonyl (C=O) groups excluding carboxylic acids is 1. The van der Waals surface area contributed by atoms with Gasteiger partial charge in [0.05, 0.1) is 18.8 Å². The zero-order valence-corrected chi connectivity index (χ0v) is 12.8. The van der Waals surface area contributed by atoms with E-state index in [0.717, 1.165) is 34.7 Å². The molecule has 1 aliphatic rings. The first-order chi connectivity index (χ1) is 10.3. The molecule has 0 spiro atoms. The van der Waals surface area contributed by atoms with Crippen molar-refractivity contribution in [1.82, 2.24) is 10.4 Å². The predicted octanol–water partition coefficient (Wildman–Crippen LogP) is 2.70. The van der Waals surface area contributed by atoms with Crippen LogP contribution >= 0.6 is 11.3 Å². The highest BCUT2D eigenvalue weighted by atomic mass is 32.1. The molecular weight excluding hydrogens is 284 g/mol. The summed E-state index contributed by atoms with van der Waals surface area (Å²) in [4.78, 5) is 13.7. The fourth-order valence-corrected chi connectivity index (χ4v) is 3.33. The highest BCUT2D eigenvalue weighted by Crippen LogP contribution is 2.32. The number of carbonyl (C=O) groups is 1. The van der Waals surface area contributed by atoms with Crippen molar-refractivity contribution in [2.24, 2.45) is 0 Å². The third-order valence-electron chi connectivity index (χ3n) is 3.55. The van der Waals surface area contributed by atoms with E-state index in [-0.39, 0.29) is 5.91 Å². The van der Waals surface area contributed by atoms with E-state index >= 15 is 0 Å². The number of nitrogens with zero attached hydrogens (tertiary/aromatic N) is 1. The highest BCUT2D eigenvalue weighted by molar-refractivity contribution is 7.10. The Balaban J connectivity index is 1.84. The number of ether oxygens (including phenoxy) is 1. The summed E-state index contributed by atoms with van der Waals surface area (Å²) in [5.41, 5.74) is 5.85. The standard InChI is InChI=1S/C16H18N2O2S/c1-12-15(13-5-3-2-4-6-13)14(11-21-12)16(19)17-18-7-9-20-10-8-18/h2-6,11H,7-10H2,1H3,(H,17,19). The van der Waals surface area contributed by atoms with Crippen molar-refractivity contribution >= 4 is 17.2 Å². The maximum absolute atomic E-state index is 12.5. The SMILES string of the molecule is Cc1scc(C(=O)NN2CCOCC2)c1-c1ccccc1. The van der Waals surface area contributed by atoms with Gasteiger partial charge in [0.25, 0.3) is 5.91 Å². The number of benzene rings is 1. The molecule has 1 aliphatic heterocycles. The van der Waals surface area contributed by atoms with Crippen LogP contribution in [0.1, 0.15) is 15.2 Å². The van der Waals surface area contributed by atoms with E-state index in [0.29, 0.717) is 13.2 Å². The van der Waals surface area contributed by atoms with E-state index in [1.54, 1.807) is 11.3 Å². The van der Waals surface area contributed by atoms with Crippen LogP contribution in [0.5, 0.6) is 0 Å². The Morgan fingerprint density at radius 3 is 2.67 bits per heavy atom. The van der Waals surface area contributed by atoms with E-state index in [2.05, 4.69) is 12.3 Å². The molecule has 5 heteroatoms. The molecule has 1 aromatic carbocycles. The highest BCUT2D eigenvalue weighted by Gasteiger charge is 2.20. The van der Waals surface area contributed by atoms with Crippen LogP contribution in [-0.2, 0) is 4.74 Å². The van der Waals surface area contributed by atoms with Gasteiger partial charge in [0.1, 0.15) is 0 Å². The third kappa shape index (κ3) is 3.15. The Labute approximate surface area is 128 Å². The van der Waals surface area contributed by atoms with Crippen LogP contribution in [0.15, 0.2) is 35.7 Å². The Morgan fingerprint density at radius 1 is 1.24 bits per heavy atom. The lowest BCUT2D eigenvalue weighted by Crippen LogP contribution is -2.48. The van der Waals surface area contributed by atoms with Crippen molar-refractivity contribution in [3.63, 3.8) is 0 Å². The second-order valence-corrected chi connectivity index (χ2v) is 6.07. The molecule has 0 radical (unpaired) electrons. The molecule has 2 heterocycles. The van der Waals surface area contributed by atoms with Gasteiger partial charge in [-0.25, -0.2) is 5.01 Å². The molecule has 4 nitrogen and oxygen atoms in total. The topological polar surface area (TPSA) is 41.6 Å². The first-order valence-electron chi connectivity index (χ1n) is 7.03. The van der Waals surface area contributed by atoms with Crippen molar-refractivity contribution in [1.29, 1.82) is 0 Å². The Hall–Kier alpha value is -1.69. The van der Waals surface area contributed by atoms with Crippen LogP contribution in [0, 0.1) is 6.92 Å². The Bertz CT molecular complexity index is 618. The van der Waals surface area contributed by atoms with Gasteiger partial charge < -0.3 is 4.74 Å². The number of aryl methyl sites for hydroxylation is 1. The number of hydrogen-bond acceptors (Lipinski definition) is 4. The number of thiophene rings is 1. The fourth-order valence-electron chi connectivity index (χ4n) is 2.46. The maximum atomic E-state index is 12.5. The molecule has 0 bridgehead atoms. The lowest BCUT2D eigenvalue weighted by atomic mass is 10.0. The maximum Gasteiger partial charge on any atom is 0.267 e. The van der Waals surface area contributed by atoms with Crippen molar-refractivity contribution in [3.8, 4) is 11.1 Å². The molecule has 1 fully saturated rings. The van der Waals surface area contributed by atoms with Gasteiger partial charge in [-0.15, -0.1) is 11.3 Å². The molecule has 1 amide bonds. The zero-order chi connectivity index (χ0) is 14.7. The molecule has 1 N–H and O–H groups in total. The molecule has 0 saturated carbocycles.